The summed E-state index contributed by atoms with van der Waals surface area (Å²) in [7, 11) is 3.06. The standard InChI is InChI=1S/C19H18O6/c1-22-15-9-8-12(11-16(15)23-2)10-14-17(20)24-19(25-18(14)21)13-6-4-3-5-7-13/h3-9,11,14,19H,10H2,1-2H3. The average molecular weight is 342 g/mol. The van der Waals surface area contributed by atoms with Gasteiger partial charge in [0.2, 0.25) is 0 Å². The molecule has 1 aliphatic rings. The molecule has 0 unspecified atom stereocenters. The second-order valence-corrected chi connectivity index (χ2v) is 5.56. The largest absolute Gasteiger partial charge is 0.493 e. The molecule has 6 nitrogen and oxygen atoms in total. The van der Waals surface area contributed by atoms with E-state index >= 15 is 0 Å². The molecule has 1 saturated heterocycles. The second kappa shape index (κ2) is 7.25. The molecular weight excluding hydrogens is 324 g/mol. The summed E-state index contributed by atoms with van der Waals surface area (Å²) >= 11 is 0. The smallest absolute Gasteiger partial charge is 0.324 e. The van der Waals surface area contributed by atoms with E-state index in [2.05, 4.69) is 0 Å². The Morgan fingerprint density at radius 3 is 2.12 bits per heavy atom. The highest BCUT2D eigenvalue weighted by Gasteiger charge is 2.39. The van der Waals surface area contributed by atoms with Crippen LogP contribution >= 0.6 is 0 Å². The Bertz CT molecular complexity index is 753. The van der Waals surface area contributed by atoms with Gasteiger partial charge in [-0.15, -0.1) is 0 Å². The van der Waals surface area contributed by atoms with Crippen LogP contribution in [-0.2, 0) is 25.5 Å². The molecule has 0 N–H and O–H groups in total. The highest BCUT2D eigenvalue weighted by Crippen LogP contribution is 2.31. The first kappa shape index (κ1) is 16.8. The van der Waals surface area contributed by atoms with Gasteiger partial charge in [-0.25, -0.2) is 0 Å². The summed E-state index contributed by atoms with van der Waals surface area (Å²) in [5, 5.41) is 0. The summed E-state index contributed by atoms with van der Waals surface area (Å²) in [6.45, 7) is 0. The zero-order valence-corrected chi connectivity index (χ0v) is 13.9. The van der Waals surface area contributed by atoms with E-state index < -0.39 is 24.1 Å². The number of hydrogen-bond acceptors (Lipinski definition) is 6. The van der Waals surface area contributed by atoms with Crippen molar-refractivity contribution in [3.63, 3.8) is 0 Å². The maximum absolute atomic E-state index is 12.3. The van der Waals surface area contributed by atoms with Crippen molar-refractivity contribution in [1.82, 2.24) is 0 Å². The van der Waals surface area contributed by atoms with Crippen molar-refractivity contribution in [2.75, 3.05) is 14.2 Å². The summed E-state index contributed by atoms with van der Waals surface area (Å²) in [5.74, 6) is -1.10. The lowest BCUT2D eigenvalue weighted by Crippen LogP contribution is -2.37. The quantitative estimate of drug-likeness (QED) is 0.614. The van der Waals surface area contributed by atoms with Crippen molar-refractivity contribution in [2.24, 2.45) is 5.92 Å². The molecule has 0 radical (unpaired) electrons. The monoisotopic (exact) mass is 342 g/mol. The molecule has 0 spiro atoms. The number of carbonyl (C=O) groups excluding carboxylic acids is 2. The topological polar surface area (TPSA) is 71.1 Å². The molecule has 0 aliphatic carbocycles. The molecule has 25 heavy (non-hydrogen) atoms. The third-order valence-electron chi connectivity index (χ3n) is 3.97. The zero-order chi connectivity index (χ0) is 17.8. The molecule has 0 amide bonds. The van der Waals surface area contributed by atoms with E-state index in [1.54, 1.807) is 42.5 Å². The number of methoxy groups -OCH3 is 2. The molecule has 0 aromatic heterocycles. The lowest BCUT2D eigenvalue weighted by atomic mass is 9.98. The predicted molar refractivity (Wildman–Crippen MR) is 88.1 cm³/mol. The zero-order valence-electron chi connectivity index (χ0n) is 13.9. The lowest BCUT2D eigenvalue weighted by Gasteiger charge is -2.27. The van der Waals surface area contributed by atoms with Gasteiger partial charge in [0.05, 0.1) is 14.2 Å². The normalized spacial score (nSPS) is 19.8. The van der Waals surface area contributed by atoms with Gasteiger partial charge in [-0.1, -0.05) is 36.4 Å². The van der Waals surface area contributed by atoms with Crippen molar-refractivity contribution in [2.45, 2.75) is 12.7 Å². The highest BCUT2D eigenvalue weighted by molar-refractivity contribution is 5.96. The van der Waals surface area contributed by atoms with E-state index in [4.69, 9.17) is 18.9 Å². The minimum atomic E-state index is -1.00. The molecule has 130 valence electrons. The summed E-state index contributed by atoms with van der Waals surface area (Å²) in [6, 6.07) is 14.1. The Balaban J connectivity index is 1.74. The minimum Gasteiger partial charge on any atom is -0.493 e. The van der Waals surface area contributed by atoms with Gasteiger partial charge >= 0.3 is 11.9 Å². The van der Waals surface area contributed by atoms with Crippen LogP contribution in [0.15, 0.2) is 48.5 Å². The number of carbonyl (C=O) groups is 2. The molecule has 2 aromatic rings. The number of rotatable bonds is 5. The van der Waals surface area contributed by atoms with Crippen LogP contribution in [0.4, 0.5) is 0 Å². The first-order valence-corrected chi connectivity index (χ1v) is 7.79. The van der Waals surface area contributed by atoms with E-state index in [1.165, 1.54) is 14.2 Å². The van der Waals surface area contributed by atoms with Crippen LogP contribution in [0, 0.1) is 5.92 Å². The van der Waals surface area contributed by atoms with E-state index in [0.717, 1.165) is 5.56 Å². The van der Waals surface area contributed by atoms with Gasteiger partial charge in [-0.05, 0) is 24.1 Å². The maximum atomic E-state index is 12.3. The van der Waals surface area contributed by atoms with E-state index in [1.807, 2.05) is 6.07 Å². The van der Waals surface area contributed by atoms with E-state index in [-0.39, 0.29) is 6.42 Å². The van der Waals surface area contributed by atoms with Crippen LogP contribution in [-0.4, -0.2) is 26.2 Å². The van der Waals surface area contributed by atoms with E-state index in [9.17, 15) is 9.59 Å². The summed E-state index contributed by atoms with van der Waals surface area (Å²) in [5.41, 5.74) is 1.36. The molecule has 1 heterocycles. The number of hydrogen-bond donors (Lipinski definition) is 0. The summed E-state index contributed by atoms with van der Waals surface area (Å²) < 4.78 is 21.0. The number of ether oxygens (including phenoxy) is 4. The van der Waals surface area contributed by atoms with Crippen molar-refractivity contribution in [3.05, 3.63) is 59.7 Å². The molecular formula is C19H18O6. The van der Waals surface area contributed by atoms with Gasteiger partial charge in [0.1, 0.15) is 0 Å². The fourth-order valence-electron chi connectivity index (χ4n) is 2.65. The molecule has 2 aromatic carbocycles. The number of cyclic esters (lactones) is 2. The summed E-state index contributed by atoms with van der Waals surface area (Å²) in [4.78, 5) is 24.6. The third-order valence-corrected chi connectivity index (χ3v) is 3.97. The summed E-state index contributed by atoms with van der Waals surface area (Å²) in [6.07, 6.45) is -0.831. The first-order valence-electron chi connectivity index (χ1n) is 7.79. The van der Waals surface area contributed by atoms with Gasteiger partial charge in [-0.3, -0.25) is 9.59 Å². The Morgan fingerprint density at radius 2 is 1.52 bits per heavy atom. The van der Waals surface area contributed by atoms with Crippen molar-refractivity contribution < 1.29 is 28.5 Å². The average Bonchev–Trinajstić information content (AvgIpc) is 2.65. The van der Waals surface area contributed by atoms with Gasteiger partial charge in [0, 0.05) is 5.56 Å². The number of benzene rings is 2. The van der Waals surface area contributed by atoms with Gasteiger partial charge in [0.15, 0.2) is 17.4 Å². The predicted octanol–water partition coefficient (Wildman–Crippen LogP) is 2.66. The van der Waals surface area contributed by atoms with Crippen LogP contribution in [0.1, 0.15) is 17.4 Å². The van der Waals surface area contributed by atoms with E-state index in [0.29, 0.717) is 17.1 Å². The van der Waals surface area contributed by atoms with Crippen molar-refractivity contribution in [3.8, 4) is 11.5 Å². The van der Waals surface area contributed by atoms with Gasteiger partial charge in [0.25, 0.3) is 6.29 Å². The van der Waals surface area contributed by atoms with Crippen LogP contribution in [0.2, 0.25) is 0 Å². The number of esters is 2. The Morgan fingerprint density at radius 1 is 0.880 bits per heavy atom. The molecule has 0 saturated carbocycles. The Labute approximate surface area is 145 Å². The fourth-order valence-corrected chi connectivity index (χ4v) is 2.65. The fraction of sp³-hybridized carbons (Fsp3) is 0.263. The Hall–Kier alpha value is -3.02. The van der Waals surface area contributed by atoms with Crippen LogP contribution in [0.5, 0.6) is 11.5 Å². The first-order chi connectivity index (χ1) is 12.1. The van der Waals surface area contributed by atoms with Gasteiger partial charge < -0.3 is 18.9 Å². The van der Waals surface area contributed by atoms with Crippen molar-refractivity contribution in [1.29, 1.82) is 0 Å². The molecule has 0 bridgehead atoms. The minimum absolute atomic E-state index is 0.166. The molecule has 6 heteroatoms. The second-order valence-electron chi connectivity index (χ2n) is 5.56. The van der Waals surface area contributed by atoms with Crippen LogP contribution in [0.3, 0.4) is 0 Å². The molecule has 1 fully saturated rings. The third kappa shape index (κ3) is 3.57. The Kier molecular flexibility index (Phi) is 4.88. The van der Waals surface area contributed by atoms with Crippen LogP contribution < -0.4 is 9.47 Å². The van der Waals surface area contributed by atoms with Crippen LogP contribution in [0.25, 0.3) is 0 Å². The maximum Gasteiger partial charge on any atom is 0.324 e. The molecule has 3 rings (SSSR count). The molecule has 0 atom stereocenters. The lowest BCUT2D eigenvalue weighted by molar-refractivity contribution is -0.213. The SMILES string of the molecule is COc1ccc(CC2C(=O)OC(c3ccccc3)OC2=O)cc1OC. The highest BCUT2D eigenvalue weighted by atomic mass is 16.7. The van der Waals surface area contributed by atoms with Crippen molar-refractivity contribution >= 4 is 11.9 Å². The van der Waals surface area contributed by atoms with Gasteiger partial charge in [-0.2, -0.15) is 0 Å². The molecule has 1 aliphatic heterocycles.